The van der Waals surface area contributed by atoms with Gasteiger partial charge in [0.05, 0.1) is 11.0 Å². The van der Waals surface area contributed by atoms with E-state index in [1.54, 1.807) is 0 Å². The largest absolute Gasteiger partial charge is 0.508 e. The van der Waals surface area contributed by atoms with Crippen molar-refractivity contribution in [3.63, 3.8) is 0 Å². The first-order valence-corrected chi connectivity index (χ1v) is 6.05. The first-order chi connectivity index (χ1) is 7.48. The summed E-state index contributed by atoms with van der Waals surface area (Å²) in [4.78, 5) is 0.103. The van der Waals surface area contributed by atoms with Gasteiger partial charge >= 0.3 is 0 Å². The molecule has 0 amide bonds. The predicted molar refractivity (Wildman–Crippen MR) is 58.2 cm³/mol. The summed E-state index contributed by atoms with van der Waals surface area (Å²) in [5.74, 6) is 0.0126. The van der Waals surface area contributed by atoms with Crippen LogP contribution >= 0.6 is 0 Å². The van der Waals surface area contributed by atoms with E-state index in [0.717, 1.165) is 4.31 Å². The summed E-state index contributed by atoms with van der Waals surface area (Å²) in [7, 11) is -2.14. The highest BCUT2D eigenvalue weighted by Crippen LogP contribution is 2.17. The van der Waals surface area contributed by atoms with E-state index in [-0.39, 0.29) is 23.6 Å². The van der Waals surface area contributed by atoms with Crippen LogP contribution in [-0.4, -0.2) is 31.4 Å². The number of hydrogen-bond donors (Lipinski definition) is 1. The van der Waals surface area contributed by atoms with Crippen LogP contribution in [0.2, 0.25) is 0 Å². The third-order valence-corrected chi connectivity index (χ3v) is 3.95. The van der Waals surface area contributed by atoms with Crippen LogP contribution in [0.25, 0.3) is 0 Å². The second-order valence-electron chi connectivity index (χ2n) is 3.23. The van der Waals surface area contributed by atoms with E-state index in [1.807, 2.05) is 6.07 Å². The maximum atomic E-state index is 11.9. The second-order valence-corrected chi connectivity index (χ2v) is 5.27. The Morgan fingerprint density at radius 2 is 1.94 bits per heavy atom. The average molecular weight is 240 g/mol. The summed E-state index contributed by atoms with van der Waals surface area (Å²) in [6, 6.07) is 7.16. The van der Waals surface area contributed by atoms with Crippen LogP contribution in [0.3, 0.4) is 0 Å². The summed E-state index contributed by atoms with van der Waals surface area (Å²) in [6.45, 7) is 0.152. The van der Waals surface area contributed by atoms with Gasteiger partial charge in [0, 0.05) is 20.0 Å². The number of nitriles is 1. The molecule has 0 fully saturated rings. The molecule has 1 aromatic carbocycles. The van der Waals surface area contributed by atoms with Crippen LogP contribution < -0.4 is 0 Å². The summed E-state index contributed by atoms with van der Waals surface area (Å²) in [5.41, 5.74) is 0. The minimum atomic E-state index is -3.56. The highest BCUT2D eigenvalue weighted by Gasteiger charge is 2.19. The second kappa shape index (κ2) is 4.96. The smallest absolute Gasteiger partial charge is 0.242 e. The van der Waals surface area contributed by atoms with Gasteiger partial charge in [-0.15, -0.1) is 0 Å². The molecule has 1 aromatic rings. The molecule has 16 heavy (non-hydrogen) atoms. The highest BCUT2D eigenvalue weighted by molar-refractivity contribution is 7.89. The zero-order valence-corrected chi connectivity index (χ0v) is 9.61. The van der Waals surface area contributed by atoms with E-state index in [4.69, 9.17) is 10.4 Å². The van der Waals surface area contributed by atoms with Crippen molar-refractivity contribution in [3.8, 4) is 11.8 Å². The average Bonchev–Trinajstić information content (AvgIpc) is 2.26. The van der Waals surface area contributed by atoms with Crippen LogP contribution in [0, 0.1) is 11.3 Å². The number of rotatable bonds is 4. The predicted octanol–water partition coefficient (Wildman–Crippen LogP) is 0.926. The lowest BCUT2D eigenvalue weighted by atomic mass is 10.3. The van der Waals surface area contributed by atoms with Crippen molar-refractivity contribution in [3.05, 3.63) is 24.3 Å². The topological polar surface area (TPSA) is 81.4 Å². The first kappa shape index (κ1) is 12.5. The van der Waals surface area contributed by atoms with Crippen LogP contribution in [-0.2, 0) is 10.0 Å². The Bertz CT molecular complexity index is 488. The van der Waals surface area contributed by atoms with Crippen molar-refractivity contribution >= 4 is 10.0 Å². The first-order valence-electron chi connectivity index (χ1n) is 4.61. The van der Waals surface area contributed by atoms with Crippen molar-refractivity contribution in [1.82, 2.24) is 4.31 Å². The number of phenolic OH excluding ortho intramolecular Hbond substituents is 1. The number of aromatic hydroxyl groups is 1. The molecule has 0 radical (unpaired) electrons. The van der Waals surface area contributed by atoms with Gasteiger partial charge in [-0.1, -0.05) is 0 Å². The van der Waals surface area contributed by atoms with E-state index in [0.29, 0.717) is 0 Å². The zero-order valence-electron chi connectivity index (χ0n) is 8.79. The van der Waals surface area contributed by atoms with E-state index < -0.39 is 10.0 Å². The Morgan fingerprint density at radius 1 is 1.38 bits per heavy atom. The quantitative estimate of drug-likeness (QED) is 0.848. The van der Waals surface area contributed by atoms with Crippen LogP contribution in [0.15, 0.2) is 29.2 Å². The molecule has 1 N–H and O–H groups in total. The molecule has 0 heterocycles. The molecule has 0 aromatic heterocycles. The fourth-order valence-electron chi connectivity index (χ4n) is 1.13. The third-order valence-electron chi connectivity index (χ3n) is 2.08. The van der Waals surface area contributed by atoms with Crippen molar-refractivity contribution in [2.75, 3.05) is 13.6 Å². The zero-order chi connectivity index (χ0) is 12.2. The Hall–Kier alpha value is -1.58. The molecule has 5 nitrogen and oxygen atoms in total. The number of hydrogen-bond acceptors (Lipinski definition) is 4. The lowest BCUT2D eigenvalue weighted by Gasteiger charge is -2.15. The standard InChI is InChI=1S/C10H12N2O3S/c1-12(8-2-7-11)16(14,15)10-5-3-9(13)4-6-10/h3-6,13H,2,8H2,1H3. The lowest BCUT2D eigenvalue weighted by Crippen LogP contribution is -2.27. The van der Waals surface area contributed by atoms with E-state index in [1.165, 1.54) is 31.3 Å². The van der Waals surface area contributed by atoms with Crippen molar-refractivity contribution in [2.24, 2.45) is 0 Å². The molecule has 1 rings (SSSR count). The van der Waals surface area contributed by atoms with Crippen LogP contribution in [0.5, 0.6) is 5.75 Å². The summed E-state index contributed by atoms with van der Waals surface area (Å²) < 4.78 is 24.9. The minimum absolute atomic E-state index is 0.0126. The van der Waals surface area contributed by atoms with Gasteiger partial charge in [0.25, 0.3) is 0 Å². The molecular formula is C10H12N2O3S. The van der Waals surface area contributed by atoms with Gasteiger partial charge in [0.1, 0.15) is 5.75 Å². The van der Waals surface area contributed by atoms with E-state index >= 15 is 0 Å². The molecule has 0 unspecified atom stereocenters. The van der Waals surface area contributed by atoms with Crippen LogP contribution in [0.4, 0.5) is 0 Å². The van der Waals surface area contributed by atoms with E-state index in [2.05, 4.69) is 0 Å². The third kappa shape index (κ3) is 2.72. The molecule has 0 aliphatic rings. The Labute approximate surface area is 94.6 Å². The van der Waals surface area contributed by atoms with Crippen molar-refractivity contribution in [2.45, 2.75) is 11.3 Å². The maximum absolute atomic E-state index is 11.9. The minimum Gasteiger partial charge on any atom is -0.508 e. The Morgan fingerprint density at radius 3 is 2.44 bits per heavy atom. The molecule has 0 aliphatic carbocycles. The monoisotopic (exact) mass is 240 g/mol. The fourth-order valence-corrected chi connectivity index (χ4v) is 2.30. The van der Waals surface area contributed by atoms with Crippen molar-refractivity contribution in [1.29, 1.82) is 5.26 Å². The summed E-state index contributed by atoms with van der Waals surface area (Å²) in [6.07, 6.45) is 0.147. The van der Waals surface area contributed by atoms with Gasteiger partial charge in [0.2, 0.25) is 10.0 Å². The molecule has 0 saturated heterocycles. The molecule has 6 heteroatoms. The summed E-state index contributed by atoms with van der Waals surface area (Å²) in [5, 5.41) is 17.4. The Kier molecular flexibility index (Phi) is 3.88. The fraction of sp³-hybridized carbons (Fsp3) is 0.300. The van der Waals surface area contributed by atoms with Gasteiger partial charge in [-0.25, -0.2) is 8.42 Å². The SMILES string of the molecule is CN(CCC#N)S(=O)(=O)c1ccc(O)cc1. The van der Waals surface area contributed by atoms with E-state index in [9.17, 15) is 8.42 Å². The summed E-state index contributed by atoms with van der Waals surface area (Å²) >= 11 is 0. The maximum Gasteiger partial charge on any atom is 0.242 e. The van der Waals surface area contributed by atoms with Gasteiger partial charge in [0.15, 0.2) is 0 Å². The highest BCUT2D eigenvalue weighted by atomic mass is 32.2. The molecule has 0 atom stereocenters. The normalized spacial score (nSPS) is 11.3. The molecule has 0 saturated carbocycles. The van der Waals surface area contributed by atoms with Crippen LogP contribution in [0.1, 0.15) is 6.42 Å². The number of sulfonamides is 1. The van der Waals surface area contributed by atoms with Gasteiger partial charge in [-0.2, -0.15) is 9.57 Å². The Balaban J connectivity index is 2.94. The number of benzene rings is 1. The molecule has 0 spiro atoms. The number of phenols is 1. The molecule has 0 aliphatic heterocycles. The number of nitrogens with zero attached hydrogens (tertiary/aromatic N) is 2. The molecular weight excluding hydrogens is 228 g/mol. The lowest BCUT2D eigenvalue weighted by molar-refractivity contribution is 0.471. The molecule has 0 bridgehead atoms. The van der Waals surface area contributed by atoms with Crippen molar-refractivity contribution < 1.29 is 13.5 Å². The van der Waals surface area contributed by atoms with Gasteiger partial charge in [-0.05, 0) is 24.3 Å². The van der Waals surface area contributed by atoms with Gasteiger partial charge in [-0.3, -0.25) is 0 Å². The molecule has 86 valence electrons. The van der Waals surface area contributed by atoms with Gasteiger partial charge < -0.3 is 5.11 Å².